The minimum absolute atomic E-state index is 0. The van der Waals surface area contributed by atoms with Gasteiger partial charge in [-0.1, -0.05) is 41.9 Å². The van der Waals surface area contributed by atoms with Gasteiger partial charge in [-0.25, -0.2) is 18.5 Å². The van der Waals surface area contributed by atoms with Gasteiger partial charge in [-0.05, 0) is 31.0 Å². The quantitative estimate of drug-likeness (QED) is 0.288. The zero-order valence-corrected chi connectivity index (χ0v) is 28.0. The summed E-state index contributed by atoms with van der Waals surface area (Å²) in [7, 11) is 0.00388. The number of para-hydroxylation sites is 1. The fourth-order valence-electron chi connectivity index (χ4n) is 3.83. The van der Waals surface area contributed by atoms with Crippen molar-refractivity contribution in [2.75, 3.05) is 40.7 Å². The van der Waals surface area contributed by atoms with Crippen LogP contribution in [0.2, 0.25) is 5.02 Å². The summed E-state index contributed by atoms with van der Waals surface area (Å²) < 4.78 is 50.1. The topological polar surface area (TPSA) is 161 Å². The van der Waals surface area contributed by atoms with Crippen LogP contribution in [0.3, 0.4) is 0 Å². The SMILES string of the molecule is CF.CS(=O)(=O)NC(=O)c1oc(=N)n(O)c1CN1CCC(Oc2ccccc2)CC1.C[N-]c1ccc(OC)c(Cl)c1.[W]. The summed E-state index contributed by atoms with van der Waals surface area (Å²) in [5.74, 6) is 0.0586. The monoisotopic (exact) mass is 798 g/mol. The number of halogens is 2. The maximum atomic E-state index is 12.1. The van der Waals surface area contributed by atoms with Crippen molar-refractivity contribution in [3.05, 3.63) is 76.0 Å². The zero-order valence-electron chi connectivity index (χ0n) is 23.5. The van der Waals surface area contributed by atoms with Crippen molar-refractivity contribution >= 4 is 33.2 Å². The fraction of sp³-hybridized carbons (Fsp3) is 0.385. The van der Waals surface area contributed by atoms with Crippen LogP contribution in [-0.4, -0.2) is 75.9 Å². The second-order valence-electron chi connectivity index (χ2n) is 8.65. The maximum Gasteiger partial charge on any atom is 0.328 e. The average Bonchev–Trinajstić information content (AvgIpc) is 3.24. The molecular weight excluding hydrogens is 765 g/mol. The average molecular weight is 799 g/mol. The molecular formula is C26H34ClFN5O7SW-. The van der Waals surface area contributed by atoms with Gasteiger partial charge in [0.05, 0.1) is 25.6 Å². The van der Waals surface area contributed by atoms with E-state index in [1.165, 1.54) is 0 Å². The van der Waals surface area contributed by atoms with Gasteiger partial charge in [0.15, 0.2) is 0 Å². The van der Waals surface area contributed by atoms with E-state index in [1.807, 2.05) is 41.3 Å². The molecule has 1 fully saturated rings. The standard InChI is InChI=1S/C17H22N4O6S.C8H9ClNO.CH3F.W/c1-28(24,25)19-16(22)15-14(21(23)17(18)27-15)11-20-9-7-13(8-10-20)26-12-5-3-2-4-6-12;1-10-6-3-4-8(11-2)7(9)5-6;1-2;/h2-6,13,18,23H,7-11H2,1H3,(H,19,22);3-5H,1-2H3;1H3;/q;-1;;. The fourth-order valence-corrected chi connectivity index (χ4v) is 4.51. The van der Waals surface area contributed by atoms with Gasteiger partial charge in [0.2, 0.25) is 15.8 Å². The van der Waals surface area contributed by atoms with E-state index in [1.54, 1.807) is 31.0 Å². The van der Waals surface area contributed by atoms with Crippen LogP contribution in [0.25, 0.3) is 5.32 Å². The summed E-state index contributed by atoms with van der Waals surface area (Å²) in [6.07, 6.45) is 2.39. The summed E-state index contributed by atoms with van der Waals surface area (Å²) >= 11 is 5.82. The zero-order chi connectivity index (χ0) is 30.6. The number of carbonyl (C=O) groups is 1. The Hall–Kier alpha value is -3.06. The van der Waals surface area contributed by atoms with Crippen molar-refractivity contribution in [2.45, 2.75) is 25.5 Å². The number of nitrogens with zero attached hydrogens (tertiary/aromatic N) is 3. The molecule has 1 aliphatic rings. The Bertz CT molecular complexity index is 1430. The molecule has 232 valence electrons. The number of aromatic nitrogens is 1. The summed E-state index contributed by atoms with van der Waals surface area (Å²) in [5, 5.41) is 22.1. The summed E-state index contributed by atoms with van der Waals surface area (Å²) in [6.45, 7) is 1.41. The molecule has 1 aliphatic heterocycles. The number of oxazole rings is 1. The van der Waals surface area contributed by atoms with Gasteiger partial charge < -0.3 is 24.4 Å². The number of hydrogen-bond donors (Lipinski definition) is 3. The molecule has 2 heterocycles. The number of rotatable bonds is 8. The Morgan fingerprint density at radius 3 is 2.36 bits per heavy atom. The first-order chi connectivity index (χ1) is 19.5. The van der Waals surface area contributed by atoms with Crippen molar-refractivity contribution in [1.82, 2.24) is 14.4 Å². The molecule has 1 saturated heterocycles. The van der Waals surface area contributed by atoms with Crippen LogP contribution in [0, 0.1) is 5.41 Å². The second kappa shape index (κ2) is 17.8. The van der Waals surface area contributed by atoms with E-state index in [-0.39, 0.29) is 39.4 Å². The summed E-state index contributed by atoms with van der Waals surface area (Å²) in [5.41, 5.74) is 0.223. The Balaban J connectivity index is 0.000000530. The molecule has 0 radical (unpaired) electrons. The Morgan fingerprint density at radius 2 is 1.83 bits per heavy atom. The number of carbonyl (C=O) groups excluding carboxylic acids is 1. The van der Waals surface area contributed by atoms with Gasteiger partial charge in [0.1, 0.15) is 23.3 Å². The number of hydrogen-bond acceptors (Lipinski definition) is 9. The number of amides is 1. The van der Waals surface area contributed by atoms with Gasteiger partial charge in [-0.3, -0.25) is 14.1 Å². The van der Waals surface area contributed by atoms with E-state index in [0.717, 1.165) is 30.5 Å². The van der Waals surface area contributed by atoms with Crippen molar-refractivity contribution < 1.29 is 57.8 Å². The number of methoxy groups -OCH3 is 1. The molecule has 16 heteroatoms. The predicted molar refractivity (Wildman–Crippen MR) is 151 cm³/mol. The summed E-state index contributed by atoms with van der Waals surface area (Å²) in [6, 6.07) is 14.9. The third-order valence-corrected chi connectivity index (χ3v) is 6.59. The number of ether oxygens (including phenoxy) is 2. The number of piperidine rings is 1. The van der Waals surface area contributed by atoms with Crippen LogP contribution in [0.1, 0.15) is 29.1 Å². The third kappa shape index (κ3) is 11.3. The molecule has 0 saturated carbocycles. The molecule has 4 rings (SSSR count). The molecule has 0 aliphatic carbocycles. The second-order valence-corrected chi connectivity index (χ2v) is 10.8. The molecule has 1 amide bonds. The number of likely N-dealkylation sites (tertiary alicyclic amines) is 1. The molecule has 12 nitrogen and oxygen atoms in total. The Labute approximate surface area is 263 Å². The van der Waals surface area contributed by atoms with Gasteiger partial charge in [0.25, 0.3) is 0 Å². The first-order valence-corrected chi connectivity index (χ1v) is 14.5. The van der Waals surface area contributed by atoms with Crippen molar-refractivity contribution in [2.24, 2.45) is 0 Å². The van der Waals surface area contributed by atoms with E-state index >= 15 is 0 Å². The smallest absolute Gasteiger partial charge is 0.328 e. The number of benzene rings is 2. The number of sulfonamides is 1. The minimum atomic E-state index is -3.80. The van der Waals surface area contributed by atoms with E-state index in [2.05, 4.69) is 5.32 Å². The molecule has 0 spiro atoms. The Morgan fingerprint density at radius 1 is 1.21 bits per heavy atom. The largest absolute Gasteiger partial charge is 0.687 e. The van der Waals surface area contributed by atoms with Crippen LogP contribution >= 0.6 is 11.6 Å². The first kappa shape index (κ1) is 37.0. The molecule has 0 unspecified atom stereocenters. The molecule has 0 atom stereocenters. The molecule has 0 bridgehead atoms. The number of alkyl halides is 1. The molecule has 42 heavy (non-hydrogen) atoms. The number of nitrogens with one attached hydrogen (secondary N) is 2. The van der Waals surface area contributed by atoms with Gasteiger partial charge in [-0.15, -0.1) is 17.5 Å². The van der Waals surface area contributed by atoms with E-state index < -0.39 is 27.4 Å². The summed E-state index contributed by atoms with van der Waals surface area (Å²) in [4.78, 5) is 14.1. The molecule has 3 aromatic rings. The predicted octanol–water partition coefficient (Wildman–Crippen LogP) is 4.10. The van der Waals surface area contributed by atoms with Crippen LogP contribution in [-0.2, 0) is 37.6 Å². The molecule has 1 aromatic heterocycles. The van der Waals surface area contributed by atoms with Crippen LogP contribution in [0.15, 0.2) is 52.9 Å². The first-order valence-electron chi connectivity index (χ1n) is 12.3. The van der Waals surface area contributed by atoms with Gasteiger partial charge >= 0.3 is 11.6 Å². The van der Waals surface area contributed by atoms with E-state index in [4.69, 9.17) is 30.9 Å². The van der Waals surface area contributed by atoms with Crippen molar-refractivity contribution in [3.63, 3.8) is 0 Å². The minimum Gasteiger partial charge on any atom is -0.687 e. The third-order valence-electron chi connectivity index (χ3n) is 5.74. The van der Waals surface area contributed by atoms with Crippen LogP contribution in [0.5, 0.6) is 11.5 Å². The van der Waals surface area contributed by atoms with Gasteiger partial charge in [0, 0.05) is 40.7 Å². The Kier molecular flexibility index (Phi) is 15.7. The van der Waals surface area contributed by atoms with E-state index in [9.17, 15) is 22.8 Å². The van der Waals surface area contributed by atoms with Crippen LogP contribution < -0.4 is 19.9 Å². The molecule has 2 aromatic carbocycles. The maximum absolute atomic E-state index is 12.1. The van der Waals surface area contributed by atoms with E-state index in [0.29, 0.717) is 35.8 Å². The van der Waals surface area contributed by atoms with Crippen LogP contribution in [0.4, 0.5) is 10.1 Å². The van der Waals surface area contributed by atoms with Crippen molar-refractivity contribution in [1.29, 1.82) is 5.41 Å². The van der Waals surface area contributed by atoms with Gasteiger partial charge in [-0.2, -0.15) is 0 Å². The molecule has 3 N–H and O–H groups in total. The van der Waals surface area contributed by atoms with Crippen molar-refractivity contribution in [3.8, 4) is 11.5 Å². The normalized spacial score (nSPS) is 13.3.